The topological polar surface area (TPSA) is 53.7 Å². The van der Waals surface area contributed by atoms with Gasteiger partial charge in [0.25, 0.3) is 5.91 Å². The fourth-order valence-corrected chi connectivity index (χ4v) is 3.28. The summed E-state index contributed by atoms with van der Waals surface area (Å²) in [5, 5.41) is 10.6. The lowest BCUT2D eigenvalue weighted by Crippen LogP contribution is -2.29. The summed E-state index contributed by atoms with van der Waals surface area (Å²) in [6, 6.07) is 22.5. The molecule has 4 heteroatoms. The van der Waals surface area contributed by atoms with Crippen LogP contribution >= 0.6 is 0 Å². The summed E-state index contributed by atoms with van der Waals surface area (Å²) in [6.07, 6.45) is 1.58. The molecule has 2 aromatic carbocycles. The maximum Gasteiger partial charge on any atom is 0.290 e. The van der Waals surface area contributed by atoms with E-state index in [1.54, 1.807) is 17.2 Å². The monoisotopic (exact) mass is 331 g/mol. The minimum atomic E-state index is -0.385. The Morgan fingerprint density at radius 3 is 2.24 bits per heavy atom. The Balaban J connectivity index is 1.82. The molecule has 1 amide bonds. The van der Waals surface area contributed by atoms with Crippen LogP contribution in [0.3, 0.4) is 0 Å². The Morgan fingerprint density at radius 2 is 1.60 bits per heavy atom. The summed E-state index contributed by atoms with van der Waals surface area (Å²) in [4.78, 5) is 14.4. The average molecular weight is 331 g/mol. The molecule has 3 aromatic rings. The van der Waals surface area contributed by atoms with Gasteiger partial charge in [-0.3, -0.25) is 4.79 Å². The molecule has 0 saturated heterocycles. The second kappa shape index (κ2) is 6.32. The number of aliphatic hydroxyl groups is 1. The van der Waals surface area contributed by atoms with Crippen molar-refractivity contribution in [2.75, 3.05) is 0 Å². The van der Waals surface area contributed by atoms with Gasteiger partial charge in [-0.15, -0.1) is 0 Å². The molecule has 0 spiro atoms. The zero-order valence-corrected chi connectivity index (χ0v) is 13.5. The third kappa shape index (κ3) is 2.72. The molecule has 1 aliphatic heterocycles. The summed E-state index contributed by atoms with van der Waals surface area (Å²) < 4.78 is 5.41. The summed E-state index contributed by atoms with van der Waals surface area (Å²) >= 11 is 0. The number of furan rings is 1. The molecule has 1 unspecified atom stereocenters. The lowest BCUT2D eigenvalue weighted by atomic mass is 9.93. The van der Waals surface area contributed by atoms with E-state index in [4.69, 9.17) is 4.42 Å². The molecular weight excluding hydrogens is 314 g/mol. The largest absolute Gasteiger partial charge is 0.503 e. The molecule has 0 bridgehead atoms. The molecule has 0 radical (unpaired) electrons. The molecule has 1 aliphatic rings. The highest BCUT2D eigenvalue weighted by Crippen LogP contribution is 2.43. The number of carbonyl (C=O) groups is 1. The van der Waals surface area contributed by atoms with Gasteiger partial charge in [-0.1, -0.05) is 60.7 Å². The molecule has 1 aromatic heterocycles. The van der Waals surface area contributed by atoms with Gasteiger partial charge in [-0.2, -0.15) is 0 Å². The van der Waals surface area contributed by atoms with Crippen molar-refractivity contribution in [1.29, 1.82) is 0 Å². The van der Waals surface area contributed by atoms with Crippen molar-refractivity contribution in [1.82, 2.24) is 4.90 Å². The molecule has 2 heterocycles. The molecular formula is C21H17NO3. The predicted molar refractivity (Wildman–Crippen MR) is 94.4 cm³/mol. The average Bonchev–Trinajstić information content (AvgIpc) is 3.25. The first-order chi connectivity index (χ1) is 12.3. The van der Waals surface area contributed by atoms with Gasteiger partial charge >= 0.3 is 0 Å². The van der Waals surface area contributed by atoms with Crippen LogP contribution in [0.25, 0.3) is 5.57 Å². The van der Waals surface area contributed by atoms with E-state index < -0.39 is 0 Å². The lowest BCUT2D eigenvalue weighted by Gasteiger charge is -2.26. The van der Waals surface area contributed by atoms with Crippen LogP contribution in [-0.4, -0.2) is 15.9 Å². The first kappa shape index (κ1) is 15.3. The van der Waals surface area contributed by atoms with Crippen LogP contribution in [0.1, 0.15) is 22.9 Å². The van der Waals surface area contributed by atoms with Crippen LogP contribution in [0, 0.1) is 0 Å². The number of hydrogen-bond acceptors (Lipinski definition) is 3. The third-order valence-corrected chi connectivity index (χ3v) is 4.41. The molecule has 124 valence electrons. The smallest absolute Gasteiger partial charge is 0.290 e. The van der Waals surface area contributed by atoms with Gasteiger partial charge in [0.05, 0.1) is 18.8 Å². The summed E-state index contributed by atoms with van der Waals surface area (Å²) in [5.41, 5.74) is 2.41. The van der Waals surface area contributed by atoms with E-state index >= 15 is 0 Å². The fourth-order valence-electron chi connectivity index (χ4n) is 3.28. The Morgan fingerprint density at radius 1 is 0.920 bits per heavy atom. The van der Waals surface area contributed by atoms with Crippen molar-refractivity contribution in [2.24, 2.45) is 0 Å². The molecule has 1 atom stereocenters. The van der Waals surface area contributed by atoms with Crippen LogP contribution in [0.5, 0.6) is 0 Å². The Labute approximate surface area is 145 Å². The van der Waals surface area contributed by atoms with Crippen LogP contribution in [0.15, 0.2) is 89.2 Å². The van der Waals surface area contributed by atoms with Crippen molar-refractivity contribution in [3.63, 3.8) is 0 Å². The van der Waals surface area contributed by atoms with Gasteiger partial charge in [0.15, 0.2) is 5.76 Å². The lowest BCUT2D eigenvalue weighted by molar-refractivity contribution is -0.130. The SMILES string of the molecule is O=C1C(O)=C(c2ccccc2)C(c2ccccc2)N1Cc1ccco1. The minimum absolute atomic E-state index is 0.202. The van der Waals surface area contributed by atoms with E-state index in [2.05, 4.69) is 0 Å². The van der Waals surface area contributed by atoms with Gasteiger partial charge in [0, 0.05) is 5.57 Å². The van der Waals surface area contributed by atoms with Crippen molar-refractivity contribution >= 4 is 11.5 Å². The van der Waals surface area contributed by atoms with Gasteiger partial charge in [0.2, 0.25) is 0 Å². The van der Waals surface area contributed by atoms with Crippen LogP contribution < -0.4 is 0 Å². The van der Waals surface area contributed by atoms with Crippen molar-refractivity contribution < 1.29 is 14.3 Å². The maximum atomic E-state index is 12.8. The number of benzene rings is 2. The van der Waals surface area contributed by atoms with Crippen molar-refractivity contribution in [2.45, 2.75) is 12.6 Å². The van der Waals surface area contributed by atoms with E-state index in [-0.39, 0.29) is 17.7 Å². The number of amides is 1. The number of aliphatic hydroxyl groups excluding tert-OH is 1. The van der Waals surface area contributed by atoms with Gasteiger partial charge in [-0.05, 0) is 23.3 Å². The second-order valence-electron chi connectivity index (χ2n) is 5.95. The fraction of sp³-hybridized carbons (Fsp3) is 0.0952. The van der Waals surface area contributed by atoms with E-state index in [1.165, 1.54) is 0 Å². The third-order valence-electron chi connectivity index (χ3n) is 4.41. The predicted octanol–water partition coefficient (Wildman–Crippen LogP) is 4.33. The van der Waals surface area contributed by atoms with E-state index in [0.29, 0.717) is 17.9 Å². The second-order valence-corrected chi connectivity index (χ2v) is 5.95. The van der Waals surface area contributed by atoms with Crippen molar-refractivity contribution in [3.05, 3.63) is 102 Å². The summed E-state index contributed by atoms with van der Waals surface area (Å²) in [7, 11) is 0. The normalized spacial score (nSPS) is 17.4. The van der Waals surface area contributed by atoms with Gasteiger partial charge < -0.3 is 14.4 Å². The summed E-state index contributed by atoms with van der Waals surface area (Å²) in [6.45, 7) is 0.297. The molecule has 4 rings (SSSR count). The zero-order valence-electron chi connectivity index (χ0n) is 13.5. The van der Waals surface area contributed by atoms with Crippen LogP contribution in [-0.2, 0) is 11.3 Å². The Hall–Kier alpha value is -3.27. The van der Waals surface area contributed by atoms with E-state index in [0.717, 1.165) is 11.1 Å². The molecule has 25 heavy (non-hydrogen) atoms. The number of hydrogen-bond donors (Lipinski definition) is 1. The number of nitrogens with zero attached hydrogens (tertiary/aromatic N) is 1. The maximum absolute atomic E-state index is 12.8. The van der Waals surface area contributed by atoms with Crippen molar-refractivity contribution in [3.8, 4) is 0 Å². The number of carbonyl (C=O) groups excluding carboxylic acids is 1. The molecule has 1 N–H and O–H groups in total. The number of rotatable bonds is 4. The molecule has 4 nitrogen and oxygen atoms in total. The Bertz CT molecular complexity index is 899. The standard InChI is InChI=1S/C21H17NO3/c23-20-18(15-8-3-1-4-9-15)19(16-10-5-2-6-11-16)22(21(20)24)14-17-12-7-13-25-17/h1-13,19,23H,14H2. The van der Waals surface area contributed by atoms with Gasteiger partial charge in [-0.25, -0.2) is 0 Å². The first-order valence-electron chi connectivity index (χ1n) is 8.12. The molecule has 0 saturated carbocycles. The minimum Gasteiger partial charge on any atom is -0.503 e. The highest BCUT2D eigenvalue weighted by molar-refractivity contribution is 6.05. The zero-order chi connectivity index (χ0) is 17.2. The van der Waals surface area contributed by atoms with Crippen LogP contribution in [0.4, 0.5) is 0 Å². The quantitative estimate of drug-likeness (QED) is 0.774. The highest BCUT2D eigenvalue weighted by Gasteiger charge is 2.41. The summed E-state index contributed by atoms with van der Waals surface area (Å²) in [5.74, 6) is 0.0899. The van der Waals surface area contributed by atoms with E-state index in [1.807, 2.05) is 66.7 Å². The molecule has 0 fully saturated rings. The van der Waals surface area contributed by atoms with Gasteiger partial charge in [0.1, 0.15) is 5.76 Å². The van der Waals surface area contributed by atoms with E-state index in [9.17, 15) is 9.90 Å². The highest BCUT2D eigenvalue weighted by atomic mass is 16.3. The molecule has 0 aliphatic carbocycles. The Kier molecular flexibility index (Phi) is 3.86. The first-order valence-corrected chi connectivity index (χ1v) is 8.12. The van der Waals surface area contributed by atoms with Crippen LogP contribution in [0.2, 0.25) is 0 Å².